The number of hydrogen-bond donors (Lipinski definition) is 0. The highest BCUT2D eigenvalue weighted by Crippen LogP contribution is 2.21. The van der Waals surface area contributed by atoms with Crippen molar-refractivity contribution in [2.45, 2.75) is 38.8 Å². The first-order valence-corrected chi connectivity index (χ1v) is 5.38. The van der Waals surface area contributed by atoms with E-state index in [9.17, 15) is 0 Å². The highest BCUT2D eigenvalue weighted by Gasteiger charge is 2.22. The average Bonchev–Trinajstić information content (AvgIpc) is 2.67. The normalized spacial score (nSPS) is 22.8. The third kappa shape index (κ3) is 2.10. The van der Waals surface area contributed by atoms with Gasteiger partial charge in [0.15, 0.2) is 0 Å². The van der Waals surface area contributed by atoms with Crippen molar-refractivity contribution in [2.75, 3.05) is 6.54 Å². The Morgan fingerprint density at radius 3 is 2.93 bits per heavy atom. The van der Waals surface area contributed by atoms with Crippen LogP contribution >= 0.6 is 0 Å². The van der Waals surface area contributed by atoms with E-state index in [-0.39, 0.29) is 0 Å². The predicted molar refractivity (Wildman–Crippen MR) is 55.8 cm³/mol. The van der Waals surface area contributed by atoms with Crippen LogP contribution in [0.2, 0.25) is 0 Å². The Hall–Kier alpha value is -0.960. The van der Waals surface area contributed by atoms with Crippen molar-refractivity contribution in [1.82, 2.24) is 14.9 Å². The van der Waals surface area contributed by atoms with Crippen LogP contribution < -0.4 is 0 Å². The molecule has 0 saturated carbocycles. The predicted octanol–water partition coefficient (Wildman–Crippen LogP) is 1.85. The van der Waals surface area contributed by atoms with Crippen LogP contribution in [0.1, 0.15) is 31.7 Å². The van der Waals surface area contributed by atoms with Crippen molar-refractivity contribution in [1.29, 1.82) is 0 Å². The monoisotopic (exact) mass is 191 g/mol. The number of aromatic nitrogens is 2. The molecule has 14 heavy (non-hydrogen) atoms. The van der Waals surface area contributed by atoms with E-state index in [0.29, 0.717) is 0 Å². The van der Waals surface area contributed by atoms with E-state index in [1.54, 1.807) is 6.33 Å². The molecule has 0 N–H and O–H groups in total. The molecule has 1 aromatic rings. The maximum absolute atomic E-state index is 4.04. The summed E-state index contributed by atoms with van der Waals surface area (Å²) in [5.74, 6) is 0. The SMILES string of the molecule is CCC1CCCN1Cc1cncnc1. The number of rotatable bonds is 3. The van der Waals surface area contributed by atoms with E-state index in [4.69, 9.17) is 0 Å². The van der Waals surface area contributed by atoms with Crippen LogP contribution in [0.3, 0.4) is 0 Å². The maximum atomic E-state index is 4.04. The minimum atomic E-state index is 0.773. The molecule has 0 aliphatic carbocycles. The molecule has 1 aliphatic heterocycles. The minimum Gasteiger partial charge on any atom is -0.296 e. The Bertz CT molecular complexity index is 273. The van der Waals surface area contributed by atoms with Crippen molar-refractivity contribution in [3.8, 4) is 0 Å². The van der Waals surface area contributed by atoms with Gasteiger partial charge in [-0.1, -0.05) is 6.92 Å². The molecule has 0 amide bonds. The molecule has 76 valence electrons. The summed E-state index contributed by atoms with van der Waals surface area (Å²) >= 11 is 0. The van der Waals surface area contributed by atoms with Crippen LogP contribution in [-0.2, 0) is 6.54 Å². The molecule has 1 atom stereocenters. The molecule has 2 heterocycles. The van der Waals surface area contributed by atoms with Gasteiger partial charge >= 0.3 is 0 Å². The highest BCUT2D eigenvalue weighted by molar-refractivity contribution is 5.03. The van der Waals surface area contributed by atoms with Crippen LogP contribution in [0, 0.1) is 0 Å². The molecule has 3 nitrogen and oxygen atoms in total. The van der Waals surface area contributed by atoms with Crippen LogP contribution in [-0.4, -0.2) is 27.5 Å². The third-order valence-corrected chi connectivity index (χ3v) is 2.97. The van der Waals surface area contributed by atoms with Gasteiger partial charge in [-0.3, -0.25) is 4.90 Å². The van der Waals surface area contributed by atoms with Crippen LogP contribution in [0.25, 0.3) is 0 Å². The fourth-order valence-corrected chi connectivity index (χ4v) is 2.21. The third-order valence-electron chi connectivity index (χ3n) is 2.97. The Morgan fingerprint density at radius 2 is 2.21 bits per heavy atom. The van der Waals surface area contributed by atoms with Gasteiger partial charge in [0.25, 0.3) is 0 Å². The molecule has 1 unspecified atom stereocenters. The second kappa shape index (κ2) is 4.51. The summed E-state index contributed by atoms with van der Waals surface area (Å²) in [5, 5.41) is 0. The lowest BCUT2D eigenvalue weighted by Gasteiger charge is -2.22. The number of likely N-dealkylation sites (tertiary alicyclic amines) is 1. The van der Waals surface area contributed by atoms with Gasteiger partial charge in [-0.05, 0) is 25.8 Å². The summed E-state index contributed by atoms with van der Waals surface area (Å²) in [5.41, 5.74) is 1.23. The average molecular weight is 191 g/mol. The molecule has 3 heteroatoms. The first-order chi connectivity index (χ1) is 6.90. The summed E-state index contributed by atoms with van der Waals surface area (Å²) in [4.78, 5) is 10.6. The van der Waals surface area contributed by atoms with E-state index < -0.39 is 0 Å². The van der Waals surface area contributed by atoms with E-state index >= 15 is 0 Å². The lowest BCUT2D eigenvalue weighted by Crippen LogP contribution is -2.28. The van der Waals surface area contributed by atoms with Gasteiger partial charge in [0.2, 0.25) is 0 Å². The van der Waals surface area contributed by atoms with E-state index in [2.05, 4.69) is 21.8 Å². The Labute approximate surface area is 85.2 Å². The standard InChI is InChI=1S/C11H17N3/c1-2-11-4-3-5-14(11)8-10-6-12-9-13-7-10/h6-7,9,11H,2-5,8H2,1H3. The lowest BCUT2D eigenvalue weighted by molar-refractivity contribution is 0.239. The zero-order chi connectivity index (χ0) is 9.80. The van der Waals surface area contributed by atoms with E-state index in [0.717, 1.165) is 12.6 Å². The van der Waals surface area contributed by atoms with E-state index in [1.807, 2.05) is 12.4 Å². The fourth-order valence-electron chi connectivity index (χ4n) is 2.21. The first kappa shape index (κ1) is 9.59. The molecule has 0 spiro atoms. The van der Waals surface area contributed by atoms with Gasteiger partial charge in [0, 0.05) is 30.5 Å². The Morgan fingerprint density at radius 1 is 1.43 bits per heavy atom. The van der Waals surface area contributed by atoms with Crippen LogP contribution in [0.5, 0.6) is 0 Å². The molecule has 1 aliphatic rings. The zero-order valence-corrected chi connectivity index (χ0v) is 8.69. The smallest absolute Gasteiger partial charge is 0.115 e. The minimum absolute atomic E-state index is 0.773. The van der Waals surface area contributed by atoms with Gasteiger partial charge < -0.3 is 0 Å². The molecule has 0 radical (unpaired) electrons. The summed E-state index contributed by atoms with van der Waals surface area (Å²) < 4.78 is 0. The van der Waals surface area contributed by atoms with Gasteiger partial charge in [-0.2, -0.15) is 0 Å². The maximum Gasteiger partial charge on any atom is 0.115 e. The fraction of sp³-hybridized carbons (Fsp3) is 0.636. The summed E-state index contributed by atoms with van der Waals surface area (Å²) in [6.07, 6.45) is 9.37. The topological polar surface area (TPSA) is 29.0 Å². The largest absolute Gasteiger partial charge is 0.296 e. The highest BCUT2D eigenvalue weighted by atomic mass is 15.2. The molecular formula is C11H17N3. The molecular weight excluding hydrogens is 174 g/mol. The summed E-state index contributed by atoms with van der Waals surface area (Å²) in [7, 11) is 0. The number of nitrogens with zero attached hydrogens (tertiary/aromatic N) is 3. The van der Waals surface area contributed by atoms with E-state index in [1.165, 1.54) is 31.4 Å². The molecule has 1 aromatic heterocycles. The van der Waals surface area contributed by atoms with Crippen molar-refractivity contribution in [3.05, 3.63) is 24.3 Å². The molecule has 1 saturated heterocycles. The van der Waals surface area contributed by atoms with Crippen LogP contribution in [0.15, 0.2) is 18.7 Å². The Balaban J connectivity index is 1.97. The van der Waals surface area contributed by atoms with Crippen LogP contribution in [0.4, 0.5) is 0 Å². The molecule has 1 fully saturated rings. The molecule has 2 rings (SSSR count). The lowest BCUT2D eigenvalue weighted by atomic mass is 10.1. The van der Waals surface area contributed by atoms with Crippen molar-refractivity contribution in [3.63, 3.8) is 0 Å². The second-order valence-electron chi connectivity index (χ2n) is 3.92. The molecule has 0 bridgehead atoms. The quantitative estimate of drug-likeness (QED) is 0.730. The van der Waals surface area contributed by atoms with Gasteiger partial charge in [-0.15, -0.1) is 0 Å². The van der Waals surface area contributed by atoms with Crippen molar-refractivity contribution in [2.24, 2.45) is 0 Å². The van der Waals surface area contributed by atoms with Crippen molar-refractivity contribution >= 4 is 0 Å². The van der Waals surface area contributed by atoms with Gasteiger partial charge in [-0.25, -0.2) is 9.97 Å². The first-order valence-electron chi connectivity index (χ1n) is 5.38. The zero-order valence-electron chi connectivity index (χ0n) is 8.69. The van der Waals surface area contributed by atoms with Crippen molar-refractivity contribution < 1.29 is 0 Å². The number of hydrogen-bond acceptors (Lipinski definition) is 3. The Kier molecular flexibility index (Phi) is 3.09. The summed E-state index contributed by atoms with van der Waals surface area (Å²) in [6, 6.07) is 0.773. The van der Waals surface area contributed by atoms with Gasteiger partial charge in [0.05, 0.1) is 0 Å². The second-order valence-corrected chi connectivity index (χ2v) is 3.92. The summed E-state index contributed by atoms with van der Waals surface area (Å²) in [6.45, 7) is 4.51. The van der Waals surface area contributed by atoms with Gasteiger partial charge in [0.1, 0.15) is 6.33 Å². The molecule has 0 aromatic carbocycles.